The second-order valence-electron chi connectivity index (χ2n) is 2.91. The number of carboxylic acids is 3. The Hall–Kier alpha value is -2.12. The summed E-state index contributed by atoms with van der Waals surface area (Å²) in [7, 11) is 0. The maximum Gasteiger partial charge on any atom is 0.345 e. The number of esters is 1. The number of carboxylic acid groups (broad SMARTS) is 3. The molecule has 0 spiro atoms. The van der Waals surface area contributed by atoms with Gasteiger partial charge < -0.3 is 20.1 Å². The lowest BCUT2D eigenvalue weighted by Crippen LogP contribution is -2.39. The Bertz CT molecular complexity index is 288. The molecule has 0 heterocycles. The first-order valence-corrected chi connectivity index (χ1v) is 4.10. The fourth-order valence-electron chi connectivity index (χ4n) is 0.995. The van der Waals surface area contributed by atoms with E-state index in [1.807, 2.05) is 0 Å². The van der Waals surface area contributed by atoms with Crippen LogP contribution in [0.1, 0.15) is 13.3 Å². The fraction of sp³-hybridized carbons (Fsp3) is 0.500. The van der Waals surface area contributed by atoms with Crippen LogP contribution >= 0.6 is 0 Å². The zero-order chi connectivity index (χ0) is 12.9. The summed E-state index contributed by atoms with van der Waals surface area (Å²) >= 11 is 0. The maximum absolute atomic E-state index is 10.6. The largest absolute Gasteiger partial charge is 0.481 e. The summed E-state index contributed by atoms with van der Waals surface area (Å²) in [4.78, 5) is 42.1. The van der Waals surface area contributed by atoms with E-state index in [0.29, 0.717) is 0 Å². The van der Waals surface area contributed by atoms with Gasteiger partial charge in [0, 0.05) is 6.92 Å². The van der Waals surface area contributed by atoms with Crippen LogP contribution in [-0.4, -0.2) is 45.3 Å². The molecule has 0 bridgehead atoms. The lowest BCUT2D eigenvalue weighted by Gasteiger charge is -2.18. The highest BCUT2D eigenvalue weighted by Gasteiger charge is 2.38. The minimum absolute atomic E-state index is 0.898. The van der Waals surface area contributed by atoms with Crippen LogP contribution in [0.15, 0.2) is 0 Å². The molecule has 0 amide bonds. The van der Waals surface area contributed by atoms with Gasteiger partial charge in [-0.15, -0.1) is 0 Å². The third kappa shape index (κ3) is 4.40. The van der Waals surface area contributed by atoms with Crippen LogP contribution in [0.4, 0.5) is 0 Å². The molecular weight excluding hydrogens is 224 g/mol. The third-order valence-corrected chi connectivity index (χ3v) is 1.61. The van der Waals surface area contributed by atoms with E-state index in [4.69, 9.17) is 15.3 Å². The van der Waals surface area contributed by atoms with Crippen LogP contribution < -0.4 is 0 Å². The van der Waals surface area contributed by atoms with E-state index < -0.39 is 42.3 Å². The average Bonchev–Trinajstić information content (AvgIpc) is 2.09. The van der Waals surface area contributed by atoms with E-state index in [1.165, 1.54) is 0 Å². The lowest BCUT2D eigenvalue weighted by atomic mass is 9.98. The molecule has 0 fully saturated rings. The first kappa shape index (κ1) is 13.9. The van der Waals surface area contributed by atoms with Crippen molar-refractivity contribution in [2.45, 2.75) is 19.4 Å². The third-order valence-electron chi connectivity index (χ3n) is 1.61. The van der Waals surface area contributed by atoms with Gasteiger partial charge in [0.15, 0.2) is 0 Å². The molecule has 0 rings (SSSR count). The lowest BCUT2D eigenvalue weighted by molar-refractivity contribution is -0.173. The van der Waals surface area contributed by atoms with Crippen molar-refractivity contribution in [3.05, 3.63) is 0 Å². The van der Waals surface area contributed by atoms with E-state index in [9.17, 15) is 19.2 Å². The summed E-state index contributed by atoms with van der Waals surface area (Å²) in [5.41, 5.74) is 0. The molecule has 3 N–H and O–H groups in total. The molecule has 0 saturated carbocycles. The Balaban J connectivity index is 4.93. The van der Waals surface area contributed by atoms with Crippen molar-refractivity contribution < 1.29 is 39.2 Å². The quantitative estimate of drug-likeness (QED) is 0.506. The van der Waals surface area contributed by atoms with Gasteiger partial charge >= 0.3 is 23.9 Å². The van der Waals surface area contributed by atoms with Crippen LogP contribution in [-0.2, 0) is 23.9 Å². The highest BCUT2D eigenvalue weighted by Crippen LogP contribution is 2.14. The van der Waals surface area contributed by atoms with Crippen LogP contribution in [0.3, 0.4) is 0 Å². The molecule has 16 heavy (non-hydrogen) atoms. The molecule has 0 aliphatic heterocycles. The summed E-state index contributed by atoms with van der Waals surface area (Å²) in [5, 5.41) is 25.7. The Morgan fingerprint density at radius 2 is 1.56 bits per heavy atom. The minimum Gasteiger partial charge on any atom is -0.481 e. The van der Waals surface area contributed by atoms with Gasteiger partial charge in [-0.1, -0.05) is 0 Å². The minimum atomic E-state index is -2.01. The molecule has 0 aliphatic carbocycles. The number of rotatable bonds is 6. The van der Waals surface area contributed by atoms with Crippen molar-refractivity contribution in [3.63, 3.8) is 0 Å². The Morgan fingerprint density at radius 3 is 1.81 bits per heavy atom. The predicted molar refractivity (Wildman–Crippen MR) is 46.6 cm³/mol. The molecule has 0 aromatic heterocycles. The number of carbonyl (C=O) groups excluding carboxylic acids is 1. The molecule has 2 atom stereocenters. The zero-order valence-electron chi connectivity index (χ0n) is 8.24. The van der Waals surface area contributed by atoms with Gasteiger partial charge in [-0.25, -0.2) is 4.79 Å². The van der Waals surface area contributed by atoms with Crippen LogP contribution in [0, 0.1) is 5.92 Å². The molecule has 0 saturated heterocycles. The molecular formula is C8H10O8. The van der Waals surface area contributed by atoms with Crippen molar-refractivity contribution in [3.8, 4) is 0 Å². The van der Waals surface area contributed by atoms with Crippen LogP contribution in [0.5, 0.6) is 0 Å². The predicted octanol–water partition coefficient (Wildman–Crippen LogP) is -0.822. The zero-order valence-corrected chi connectivity index (χ0v) is 8.24. The summed E-state index contributed by atoms with van der Waals surface area (Å²) in [6.07, 6.45) is -2.95. The Morgan fingerprint density at radius 1 is 1.06 bits per heavy atom. The second-order valence-corrected chi connectivity index (χ2v) is 2.91. The number of carbonyl (C=O) groups is 4. The average molecular weight is 234 g/mol. The molecule has 0 aliphatic rings. The topological polar surface area (TPSA) is 138 Å². The SMILES string of the molecule is CC(=O)OC(C(=O)O)C(CC(=O)O)C(=O)O. The van der Waals surface area contributed by atoms with Crippen molar-refractivity contribution in [2.24, 2.45) is 5.92 Å². The Kier molecular flexibility index (Phi) is 4.93. The van der Waals surface area contributed by atoms with Gasteiger partial charge in [0.2, 0.25) is 6.10 Å². The van der Waals surface area contributed by atoms with Gasteiger partial charge in [0.1, 0.15) is 5.92 Å². The van der Waals surface area contributed by atoms with E-state index in [1.54, 1.807) is 0 Å². The van der Waals surface area contributed by atoms with Gasteiger partial charge in [-0.05, 0) is 0 Å². The van der Waals surface area contributed by atoms with Crippen molar-refractivity contribution in [1.82, 2.24) is 0 Å². The second kappa shape index (κ2) is 5.69. The summed E-state index contributed by atoms with van der Waals surface area (Å²) < 4.78 is 4.25. The number of aliphatic carboxylic acids is 3. The summed E-state index contributed by atoms with van der Waals surface area (Å²) in [5.74, 6) is -7.67. The van der Waals surface area contributed by atoms with Gasteiger partial charge in [-0.2, -0.15) is 0 Å². The van der Waals surface area contributed by atoms with Crippen molar-refractivity contribution in [1.29, 1.82) is 0 Å². The van der Waals surface area contributed by atoms with Crippen molar-refractivity contribution in [2.75, 3.05) is 0 Å². The van der Waals surface area contributed by atoms with E-state index >= 15 is 0 Å². The van der Waals surface area contributed by atoms with E-state index in [0.717, 1.165) is 6.92 Å². The van der Waals surface area contributed by atoms with Crippen LogP contribution in [0.2, 0.25) is 0 Å². The van der Waals surface area contributed by atoms with Crippen molar-refractivity contribution >= 4 is 23.9 Å². The first-order chi connectivity index (χ1) is 7.25. The molecule has 90 valence electrons. The molecule has 8 nitrogen and oxygen atoms in total. The standard InChI is InChI=1S/C8H10O8/c1-3(9)16-6(8(14)15)4(7(12)13)2-5(10)11/h4,6H,2H2,1H3,(H,10,11)(H,12,13)(H,14,15). The number of hydrogen-bond acceptors (Lipinski definition) is 5. The highest BCUT2D eigenvalue weighted by atomic mass is 16.6. The molecule has 0 radical (unpaired) electrons. The monoisotopic (exact) mass is 234 g/mol. The molecule has 8 heteroatoms. The summed E-state index contributed by atoms with van der Waals surface area (Å²) in [6.45, 7) is 0.898. The highest BCUT2D eigenvalue weighted by molar-refractivity contribution is 5.86. The fourth-order valence-corrected chi connectivity index (χ4v) is 0.995. The maximum atomic E-state index is 10.6. The Labute approximate surface area is 89.4 Å². The molecule has 0 aromatic rings. The van der Waals surface area contributed by atoms with E-state index in [2.05, 4.69) is 4.74 Å². The van der Waals surface area contributed by atoms with E-state index in [-0.39, 0.29) is 0 Å². The number of hydrogen-bond donors (Lipinski definition) is 3. The van der Waals surface area contributed by atoms with Gasteiger partial charge in [-0.3, -0.25) is 14.4 Å². The normalized spacial score (nSPS) is 13.6. The summed E-state index contributed by atoms with van der Waals surface area (Å²) in [6, 6.07) is 0. The smallest absolute Gasteiger partial charge is 0.345 e. The van der Waals surface area contributed by atoms with Crippen LogP contribution in [0.25, 0.3) is 0 Å². The molecule has 0 aromatic carbocycles. The van der Waals surface area contributed by atoms with Gasteiger partial charge in [0.05, 0.1) is 6.42 Å². The first-order valence-electron chi connectivity index (χ1n) is 4.10. The molecule has 2 unspecified atom stereocenters. The number of ether oxygens (including phenoxy) is 1. The van der Waals surface area contributed by atoms with Gasteiger partial charge in [0.25, 0.3) is 0 Å².